The Morgan fingerprint density at radius 2 is 2.24 bits per heavy atom. The van der Waals surface area contributed by atoms with Gasteiger partial charge in [-0.1, -0.05) is 6.07 Å². The van der Waals surface area contributed by atoms with E-state index in [0.29, 0.717) is 25.1 Å². The molecule has 4 heteroatoms. The van der Waals surface area contributed by atoms with Crippen molar-refractivity contribution in [1.29, 1.82) is 0 Å². The number of anilines is 1. The number of hydrogen-bond acceptors (Lipinski definition) is 3. The molecule has 92 valence electrons. The molecule has 0 aromatic heterocycles. The Balaban J connectivity index is 2.16. The number of aliphatic hydroxyl groups is 1. The number of hydrogen-bond donors (Lipinski definition) is 1. The van der Waals surface area contributed by atoms with E-state index in [1.807, 2.05) is 43.3 Å². The number of β-amino-alcohol motifs (C(OH)–C–C–N with tert-alkyl or cyclic N) is 1. The van der Waals surface area contributed by atoms with Gasteiger partial charge in [-0.25, -0.2) is 0 Å². The standard InChI is InChI=1S/C13H18N2O2/c1-14(2)11-5-3-4-10(8-11)13(17)15-7-6-12(16)9-15/h3-5,8,12,16H,6-7,9H2,1-2H3/t12-/m1/s1. The third-order valence-electron chi connectivity index (χ3n) is 3.06. The van der Waals surface area contributed by atoms with Crippen LogP contribution in [0.25, 0.3) is 0 Å². The molecule has 1 aliphatic rings. The van der Waals surface area contributed by atoms with Crippen molar-refractivity contribution in [2.75, 3.05) is 32.1 Å². The molecule has 2 rings (SSSR count). The van der Waals surface area contributed by atoms with Gasteiger partial charge in [0, 0.05) is 38.4 Å². The van der Waals surface area contributed by atoms with Crippen LogP contribution in [0, 0.1) is 0 Å². The molecule has 0 unspecified atom stereocenters. The summed E-state index contributed by atoms with van der Waals surface area (Å²) in [6, 6.07) is 7.55. The lowest BCUT2D eigenvalue weighted by atomic mass is 10.1. The molecule has 0 bridgehead atoms. The number of nitrogens with zero attached hydrogens (tertiary/aromatic N) is 2. The first-order valence-electron chi connectivity index (χ1n) is 5.82. The molecular weight excluding hydrogens is 216 g/mol. The first-order valence-corrected chi connectivity index (χ1v) is 5.82. The van der Waals surface area contributed by atoms with E-state index in [0.717, 1.165) is 5.69 Å². The maximum Gasteiger partial charge on any atom is 0.254 e. The summed E-state index contributed by atoms with van der Waals surface area (Å²) in [6.07, 6.45) is 0.315. The minimum Gasteiger partial charge on any atom is -0.391 e. The molecule has 1 fully saturated rings. The molecule has 1 aromatic rings. The Morgan fingerprint density at radius 1 is 1.47 bits per heavy atom. The van der Waals surface area contributed by atoms with Crippen LogP contribution in [0.4, 0.5) is 5.69 Å². The first kappa shape index (κ1) is 11.9. The van der Waals surface area contributed by atoms with E-state index < -0.39 is 0 Å². The Kier molecular flexibility index (Phi) is 3.33. The summed E-state index contributed by atoms with van der Waals surface area (Å²) in [5.74, 6) is 0.00486. The predicted molar refractivity (Wildman–Crippen MR) is 67.3 cm³/mol. The van der Waals surface area contributed by atoms with Crippen molar-refractivity contribution in [2.45, 2.75) is 12.5 Å². The summed E-state index contributed by atoms with van der Waals surface area (Å²) in [5, 5.41) is 9.44. The lowest BCUT2D eigenvalue weighted by molar-refractivity contribution is 0.0765. The topological polar surface area (TPSA) is 43.8 Å². The number of aliphatic hydroxyl groups excluding tert-OH is 1. The van der Waals surface area contributed by atoms with Gasteiger partial charge in [-0.2, -0.15) is 0 Å². The lowest BCUT2D eigenvalue weighted by Gasteiger charge is -2.17. The van der Waals surface area contributed by atoms with Gasteiger partial charge in [0.1, 0.15) is 0 Å². The van der Waals surface area contributed by atoms with Crippen LogP contribution in [0.5, 0.6) is 0 Å². The Morgan fingerprint density at radius 3 is 2.82 bits per heavy atom. The summed E-state index contributed by atoms with van der Waals surface area (Å²) in [5.41, 5.74) is 1.70. The number of benzene rings is 1. The van der Waals surface area contributed by atoms with Gasteiger partial charge < -0.3 is 14.9 Å². The highest BCUT2D eigenvalue weighted by Crippen LogP contribution is 2.17. The quantitative estimate of drug-likeness (QED) is 0.829. The van der Waals surface area contributed by atoms with Crippen LogP contribution in [-0.4, -0.2) is 49.2 Å². The highest BCUT2D eigenvalue weighted by atomic mass is 16.3. The van der Waals surface area contributed by atoms with Crippen molar-refractivity contribution in [3.63, 3.8) is 0 Å². The van der Waals surface area contributed by atoms with Crippen LogP contribution in [0.2, 0.25) is 0 Å². The van der Waals surface area contributed by atoms with Gasteiger partial charge in [-0.3, -0.25) is 4.79 Å². The monoisotopic (exact) mass is 234 g/mol. The molecule has 1 aliphatic heterocycles. The molecular formula is C13H18N2O2. The number of carbonyl (C=O) groups excluding carboxylic acids is 1. The van der Waals surface area contributed by atoms with Crippen molar-refractivity contribution in [3.8, 4) is 0 Å². The molecule has 4 nitrogen and oxygen atoms in total. The largest absolute Gasteiger partial charge is 0.391 e. The summed E-state index contributed by atoms with van der Waals surface area (Å²) >= 11 is 0. The fraction of sp³-hybridized carbons (Fsp3) is 0.462. The van der Waals surface area contributed by atoms with E-state index in [1.54, 1.807) is 4.90 Å². The van der Waals surface area contributed by atoms with Crippen molar-refractivity contribution < 1.29 is 9.90 Å². The first-order chi connectivity index (χ1) is 8.08. The average Bonchev–Trinajstić information content (AvgIpc) is 2.75. The van der Waals surface area contributed by atoms with Crippen molar-refractivity contribution in [3.05, 3.63) is 29.8 Å². The SMILES string of the molecule is CN(C)c1cccc(C(=O)N2CC[C@@H](O)C2)c1. The van der Waals surface area contributed by atoms with E-state index in [9.17, 15) is 9.90 Å². The van der Waals surface area contributed by atoms with Gasteiger partial charge in [0.15, 0.2) is 0 Å². The number of rotatable bonds is 2. The maximum atomic E-state index is 12.2. The second-order valence-corrected chi connectivity index (χ2v) is 4.64. The minimum atomic E-state index is -0.365. The van der Waals surface area contributed by atoms with E-state index in [2.05, 4.69) is 0 Å². The molecule has 0 radical (unpaired) electrons. The third kappa shape index (κ3) is 2.58. The van der Waals surface area contributed by atoms with Gasteiger partial charge in [-0.15, -0.1) is 0 Å². The summed E-state index contributed by atoms with van der Waals surface area (Å²) in [7, 11) is 3.90. The van der Waals surface area contributed by atoms with Crippen LogP contribution < -0.4 is 4.90 Å². The van der Waals surface area contributed by atoms with Crippen LogP contribution in [-0.2, 0) is 0 Å². The van der Waals surface area contributed by atoms with Crippen LogP contribution in [0.1, 0.15) is 16.8 Å². The van der Waals surface area contributed by atoms with E-state index in [-0.39, 0.29) is 12.0 Å². The molecule has 0 aliphatic carbocycles. The van der Waals surface area contributed by atoms with Crippen LogP contribution >= 0.6 is 0 Å². The molecule has 1 amide bonds. The van der Waals surface area contributed by atoms with Gasteiger partial charge in [-0.05, 0) is 24.6 Å². The zero-order valence-electron chi connectivity index (χ0n) is 10.3. The zero-order valence-corrected chi connectivity index (χ0v) is 10.3. The van der Waals surface area contributed by atoms with Gasteiger partial charge >= 0.3 is 0 Å². The Hall–Kier alpha value is -1.55. The molecule has 0 spiro atoms. The zero-order chi connectivity index (χ0) is 12.4. The number of likely N-dealkylation sites (tertiary alicyclic amines) is 1. The van der Waals surface area contributed by atoms with Crippen molar-refractivity contribution in [2.24, 2.45) is 0 Å². The van der Waals surface area contributed by atoms with Gasteiger partial charge in [0.05, 0.1) is 6.10 Å². The van der Waals surface area contributed by atoms with Crippen LogP contribution in [0.3, 0.4) is 0 Å². The fourth-order valence-electron chi connectivity index (χ4n) is 2.03. The normalized spacial score (nSPS) is 19.5. The molecule has 17 heavy (non-hydrogen) atoms. The van der Waals surface area contributed by atoms with Gasteiger partial charge in [0.2, 0.25) is 0 Å². The molecule has 1 heterocycles. The lowest BCUT2D eigenvalue weighted by Crippen LogP contribution is -2.29. The number of amides is 1. The molecule has 1 atom stereocenters. The fourth-order valence-corrected chi connectivity index (χ4v) is 2.03. The average molecular weight is 234 g/mol. The van der Waals surface area contributed by atoms with Gasteiger partial charge in [0.25, 0.3) is 5.91 Å². The Bertz CT molecular complexity index is 418. The van der Waals surface area contributed by atoms with E-state index in [1.165, 1.54) is 0 Å². The maximum absolute atomic E-state index is 12.2. The Labute approximate surface area is 101 Å². The molecule has 1 aromatic carbocycles. The molecule has 1 saturated heterocycles. The second-order valence-electron chi connectivity index (χ2n) is 4.64. The highest BCUT2D eigenvalue weighted by molar-refractivity contribution is 5.95. The number of carbonyl (C=O) groups is 1. The predicted octanol–water partition coefficient (Wildman–Crippen LogP) is 0.959. The van der Waals surface area contributed by atoms with Crippen LogP contribution in [0.15, 0.2) is 24.3 Å². The summed E-state index contributed by atoms with van der Waals surface area (Å²) in [6.45, 7) is 1.09. The van der Waals surface area contributed by atoms with E-state index in [4.69, 9.17) is 0 Å². The molecule has 0 saturated carbocycles. The summed E-state index contributed by atoms with van der Waals surface area (Å²) < 4.78 is 0. The van der Waals surface area contributed by atoms with Crippen molar-refractivity contribution >= 4 is 11.6 Å². The minimum absolute atomic E-state index is 0.00486. The molecule has 1 N–H and O–H groups in total. The third-order valence-corrected chi connectivity index (χ3v) is 3.06. The smallest absolute Gasteiger partial charge is 0.254 e. The second kappa shape index (κ2) is 4.75. The van der Waals surface area contributed by atoms with E-state index >= 15 is 0 Å². The summed E-state index contributed by atoms with van der Waals surface area (Å²) in [4.78, 5) is 15.8. The highest BCUT2D eigenvalue weighted by Gasteiger charge is 2.25. The van der Waals surface area contributed by atoms with Crippen molar-refractivity contribution in [1.82, 2.24) is 4.90 Å².